The number of benzene rings is 3. The van der Waals surface area contributed by atoms with Crippen molar-refractivity contribution in [2.24, 2.45) is 5.10 Å². The van der Waals surface area contributed by atoms with Crippen molar-refractivity contribution < 1.29 is 13.9 Å². The Morgan fingerprint density at radius 2 is 1.72 bits per heavy atom. The molecule has 2 aliphatic rings. The fourth-order valence-electron chi connectivity index (χ4n) is 4.03. The third-order valence-corrected chi connectivity index (χ3v) is 5.36. The molecule has 0 N–H and O–H groups in total. The molecule has 5 rings (SSSR count). The lowest BCUT2D eigenvalue weighted by Crippen LogP contribution is -2.34. The number of hydrazone groups is 1. The van der Waals surface area contributed by atoms with Crippen LogP contribution in [-0.4, -0.2) is 17.3 Å². The Labute approximate surface area is 169 Å². The van der Waals surface area contributed by atoms with E-state index in [9.17, 15) is 4.39 Å². The van der Waals surface area contributed by atoms with Crippen molar-refractivity contribution in [1.82, 2.24) is 5.01 Å². The van der Waals surface area contributed by atoms with Crippen molar-refractivity contribution in [3.05, 3.63) is 95.3 Å². The van der Waals surface area contributed by atoms with Crippen LogP contribution in [0.5, 0.6) is 11.5 Å². The van der Waals surface area contributed by atoms with Gasteiger partial charge in [0.1, 0.15) is 17.3 Å². The topological polar surface area (TPSA) is 34.1 Å². The average Bonchev–Trinajstić information content (AvgIpc) is 3.20. The summed E-state index contributed by atoms with van der Waals surface area (Å²) in [5.74, 6) is 1.41. The van der Waals surface area contributed by atoms with Gasteiger partial charge in [0.15, 0.2) is 0 Å². The summed E-state index contributed by atoms with van der Waals surface area (Å²) >= 11 is 0. The van der Waals surface area contributed by atoms with Crippen molar-refractivity contribution in [2.45, 2.75) is 25.6 Å². The Bertz CT molecular complexity index is 1060. The molecule has 0 aliphatic carbocycles. The van der Waals surface area contributed by atoms with Gasteiger partial charge in [-0.2, -0.15) is 5.10 Å². The van der Waals surface area contributed by atoms with E-state index in [0.717, 1.165) is 40.3 Å². The maximum atomic E-state index is 13.4. The molecule has 0 unspecified atom stereocenters. The minimum absolute atomic E-state index is 0.0553. The van der Waals surface area contributed by atoms with E-state index in [2.05, 4.69) is 6.07 Å². The molecule has 3 aromatic carbocycles. The zero-order chi connectivity index (χ0) is 19.8. The van der Waals surface area contributed by atoms with Gasteiger partial charge >= 0.3 is 0 Å². The standard InChI is InChI=1S/C24H21FN2O2/c1-2-28-22-9-5-4-8-19(22)24-27-21(18-7-3-6-10-23(18)29-24)15-20(26-27)16-11-13-17(25)14-12-16/h3-14,21,24H,2,15H2,1H3/t21-,24-/m0/s1. The minimum Gasteiger partial charge on any atom is -0.493 e. The zero-order valence-electron chi connectivity index (χ0n) is 16.1. The van der Waals surface area contributed by atoms with Gasteiger partial charge in [-0.1, -0.05) is 42.5 Å². The van der Waals surface area contributed by atoms with Crippen molar-refractivity contribution in [3.8, 4) is 11.5 Å². The van der Waals surface area contributed by atoms with Crippen LogP contribution >= 0.6 is 0 Å². The van der Waals surface area contributed by atoms with Gasteiger partial charge in [0, 0.05) is 12.0 Å². The van der Waals surface area contributed by atoms with E-state index in [1.807, 2.05) is 54.4 Å². The Hall–Kier alpha value is -3.34. The Morgan fingerprint density at radius 1 is 1.00 bits per heavy atom. The molecule has 3 aromatic rings. The third kappa shape index (κ3) is 3.12. The molecule has 0 spiro atoms. The third-order valence-electron chi connectivity index (χ3n) is 5.36. The second-order valence-corrected chi connectivity index (χ2v) is 7.13. The van der Waals surface area contributed by atoms with E-state index < -0.39 is 6.23 Å². The fourth-order valence-corrected chi connectivity index (χ4v) is 4.03. The zero-order valence-corrected chi connectivity index (χ0v) is 16.1. The average molecular weight is 388 g/mol. The van der Waals surface area contributed by atoms with Crippen molar-refractivity contribution in [2.75, 3.05) is 6.61 Å². The van der Waals surface area contributed by atoms with Crippen LogP contribution in [0.25, 0.3) is 0 Å². The lowest BCUT2D eigenvalue weighted by atomic mass is 9.96. The lowest BCUT2D eigenvalue weighted by Gasteiger charge is -2.38. The van der Waals surface area contributed by atoms with Crippen LogP contribution in [0, 0.1) is 5.82 Å². The summed E-state index contributed by atoms with van der Waals surface area (Å²) in [6, 6.07) is 22.6. The molecule has 0 saturated heterocycles. The molecule has 0 bridgehead atoms. The predicted molar refractivity (Wildman–Crippen MR) is 110 cm³/mol. The van der Waals surface area contributed by atoms with Crippen molar-refractivity contribution >= 4 is 5.71 Å². The molecule has 0 amide bonds. The van der Waals surface area contributed by atoms with Gasteiger partial charge < -0.3 is 9.47 Å². The fraction of sp³-hybridized carbons (Fsp3) is 0.208. The molecule has 2 atom stereocenters. The largest absolute Gasteiger partial charge is 0.493 e. The number of hydrogen-bond donors (Lipinski definition) is 0. The predicted octanol–water partition coefficient (Wildman–Crippen LogP) is 5.47. The quantitative estimate of drug-likeness (QED) is 0.595. The summed E-state index contributed by atoms with van der Waals surface area (Å²) < 4.78 is 25.6. The number of nitrogens with zero attached hydrogens (tertiary/aromatic N) is 2. The molecular weight excluding hydrogens is 367 g/mol. The summed E-state index contributed by atoms with van der Waals surface area (Å²) in [5.41, 5.74) is 3.90. The second kappa shape index (κ2) is 7.24. The summed E-state index contributed by atoms with van der Waals surface area (Å²) in [6.07, 6.45) is 0.342. The molecule has 0 radical (unpaired) electrons. The maximum Gasteiger partial charge on any atom is 0.217 e. The van der Waals surface area contributed by atoms with E-state index in [0.29, 0.717) is 6.61 Å². The molecule has 0 fully saturated rings. The molecule has 0 aromatic heterocycles. The normalized spacial score (nSPS) is 19.8. The first-order valence-corrected chi connectivity index (χ1v) is 9.83. The van der Waals surface area contributed by atoms with Crippen LogP contribution in [0.2, 0.25) is 0 Å². The highest BCUT2D eigenvalue weighted by atomic mass is 19.1. The van der Waals surface area contributed by atoms with Gasteiger partial charge in [-0.3, -0.25) is 0 Å². The highest BCUT2D eigenvalue weighted by Crippen LogP contribution is 2.48. The first-order chi connectivity index (χ1) is 14.2. The highest BCUT2D eigenvalue weighted by Gasteiger charge is 2.41. The van der Waals surface area contributed by atoms with Crippen LogP contribution in [0.4, 0.5) is 4.39 Å². The Kier molecular flexibility index (Phi) is 4.43. The summed E-state index contributed by atoms with van der Waals surface area (Å²) in [5, 5.41) is 6.93. The molecule has 5 heteroatoms. The van der Waals surface area contributed by atoms with Gasteiger partial charge in [0.05, 0.1) is 23.9 Å². The van der Waals surface area contributed by atoms with Crippen LogP contribution in [-0.2, 0) is 0 Å². The van der Waals surface area contributed by atoms with Gasteiger partial charge in [-0.05, 0) is 42.8 Å². The van der Waals surface area contributed by atoms with E-state index >= 15 is 0 Å². The summed E-state index contributed by atoms with van der Waals surface area (Å²) in [4.78, 5) is 0. The second-order valence-electron chi connectivity index (χ2n) is 7.13. The van der Waals surface area contributed by atoms with Crippen molar-refractivity contribution in [1.29, 1.82) is 0 Å². The van der Waals surface area contributed by atoms with Gasteiger partial charge in [0.25, 0.3) is 0 Å². The highest BCUT2D eigenvalue weighted by molar-refractivity contribution is 6.01. The summed E-state index contributed by atoms with van der Waals surface area (Å²) in [7, 11) is 0. The number of para-hydroxylation sites is 2. The summed E-state index contributed by atoms with van der Waals surface area (Å²) in [6.45, 7) is 2.55. The number of rotatable bonds is 4. The molecule has 146 valence electrons. The number of ether oxygens (including phenoxy) is 2. The van der Waals surface area contributed by atoms with Gasteiger partial charge in [-0.15, -0.1) is 0 Å². The smallest absolute Gasteiger partial charge is 0.217 e. The molecule has 2 heterocycles. The molecule has 0 saturated carbocycles. The SMILES string of the molecule is CCOc1ccccc1[C@@H]1Oc2ccccc2[C@@H]2CC(c3ccc(F)cc3)=NN21. The van der Waals surface area contributed by atoms with Crippen LogP contribution in [0.3, 0.4) is 0 Å². The van der Waals surface area contributed by atoms with Gasteiger partial charge in [-0.25, -0.2) is 9.40 Å². The number of fused-ring (bicyclic) bond motifs is 3. The molecule has 4 nitrogen and oxygen atoms in total. The monoisotopic (exact) mass is 388 g/mol. The van der Waals surface area contributed by atoms with Crippen LogP contribution in [0.15, 0.2) is 77.9 Å². The first kappa shape index (κ1) is 17.7. The van der Waals surface area contributed by atoms with E-state index in [1.165, 1.54) is 12.1 Å². The number of halogens is 1. The molecule has 2 aliphatic heterocycles. The van der Waals surface area contributed by atoms with E-state index in [-0.39, 0.29) is 11.9 Å². The van der Waals surface area contributed by atoms with Crippen molar-refractivity contribution in [3.63, 3.8) is 0 Å². The van der Waals surface area contributed by atoms with E-state index in [4.69, 9.17) is 14.6 Å². The van der Waals surface area contributed by atoms with Crippen LogP contribution < -0.4 is 9.47 Å². The molecule has 29 heavy (non-hydrogen) atoms. The van der Waals surface area contributed by atoms with Crippen LogP contribution in [0.1, 0.15) is 42.3 Å². The Morgan fingerprint density at radius 3 is 2.52 bits per heavy atom. The first-order valence-electron chi connectivity index (χ1n) is 9.83. The van der Waals surface area contributed by atoms with Gasteiger partial charge in [0.2, 0.25) is 6.23 Å². The lowest BCUT2D eigenvalue weighted by molar-refractivity contribution is -0.0205. The Balaban J connectivity index is 1.60. The number of hydrogen-bond acceptors (Lipinski definition) is 4. The minimum atomic E-state index is -0.393. The molecular formula is C24H21FN2O2. The van der Waals surface area contributed by atoms with E-state index in [1.54, 1.807) is 12.1 Å². The maximum absolute atomic E-state index is 13.4.